The lowest BCUT2D eigenvalue weighted by Gasteiger charge is -2.29. The van der Waals surface area contributed by atoms with Crippen LogP contribution in [0.3, 0.4) is 0 Å². The topological polar surface area (TPSA) is 29.5 Å². The van der Waals surface area contributed by atoms with Crippen LogP contribution in [0.4, 0.5) is 5.69 Å². The highest BCUT2D eigenvalue weighted by atomic mass is 35.5. The average Bonchev–Trinajstić information content (AvgIpc) is 2.53. The molecule has 0 radical (unpaired) electrons. The second-order valence-corrected chi connectivity index (χ2v) is 5.35. The first-order valence-electron chi connectivity index (χ1n) is 7.31. The average molecular weight is 306 g/mol. The molecule has 112 valence electrons. The Hall–Kier alpha value is -1.66. The highest BCUT2D eigenvalue weighted by Gasteiger charge is 2.22. The van der Waals surface area contributed by atoms with Crippen molar-refractivity contribution in [3.8, 4) is 18.1 Å². The van der Waals surface area contributed by atoms with E-state index in [4.69, 9.17) is 22.8 Å². The van der Waals surface area contributed by atoms with Gasteiger partial charge in [-0.25, -0.2) is 0 Å². The summed E-state index contributed by atoms with van der Waals surface area (Å²) >= 11 is 5.66. The number of amides is 1. The van der Waals surface area contributed by atoms with E-state index >= 15 is 0 Å². The lowest BCUT2D eigenvalue weighted by Crippen LogP contribution is -2.36. The molecule has 3 nitrogen and oxygen atoms in total. The van der Waals surface area contributed by atoms with Crippen LogP contribution in [0.15, 0.2) is 18.2 Å². The molecular weight excluding hydrogens is 286 g/mol. The molecule has 1 heterocycles. The Morgan fingerprint density at radius 2 is 2.29 bits per heavy atom. The quantitative estimate of drug-likeness (QED) is 0.458. The van der Waals surface area contributed by atoms with Crippen molar-refractivity contribution in [2.75, 3.05) is 23.9 Å². The SMILES string of the molecule is C#CCCCCOc1ccc2c(c1)CCCN2C(=O)CCl. The number of halogens is 1. The zero-order valence-electron chi connectivity index (χ0n) is 12.1. The van der Waals surface area contributed by atoms with Gasteiger partial charge in [-0.05, 0) is 49.4 Å². The van der Waals surface area contributed by atoms with Gasteiger partial charge >= 0.3 is 0 Å². The molecular formula is C17H20ClNO2. The normalized spacial score (nSPS) is 13.4. The fourth-order valence-corrected chi connectivity index (χ4v) is 2.66. The van der Waals surface area contributed by atoms with Gasteiger partial charge in [0.2, 0.25) is 5.91 Å². The summed E-state index contributed by atoms with van der Waals surface area (Å²) < 4.78 is 5.74. The number of hydrogen-bond acceptors (Lipinski definition) is 2. The predicted molar refractivity (Wildman–Crippen MR) is 86.0 cm³/mol. The number of aryl methyl sites for hydroxylation is 1. The van der Waals surface area contributed by atoms with Gasteiger partial charge in [0.05, 0.1) is 6.61 Å². The summed E-state index contributed by atoms with van der Waals surface area (Å²) in [6.07, 6.45) is 9.88. The van der Waals surface area contributed by atoms with Crippen molar-refractivity contribution in [3.63, 3.8) is 0 Å². The number of fused-ring (bicyclic) bond motifs is 1. The third kappa shape index (κ3) is 4.15. The van der Waals surface area contributed by atoms with Crippen molar-refractivity contribution in [1.82, 2.24) is 0 Å². The molecule has 0 aromatic heterocycles. The third-order valence-corrected chi connectivity index (χ3v) is 3.80. The molecule has 0 fully saturated rings. The van der Waals surface area contributed by atoms with Gasteiger partial charge in [-0.3, -0.25) is 4.79 Å². The third-order valence-electron chi connectivity index (χ3n) is 3.57. The number of benzene rings is 1. The molecule has 0 saturated heterocycles. The summed E-state index contributed by atoms with van der Waals surface area (Å²) in [6, 6.07) is 5.90. The summed E-state index contributed by atoms with van der Waals surface area (Å²) in [6.45, 7) is 1.41. The van der Waals surface area contributed by atoms with Gasteiger partial charge in [-0.1, -0.05) is 0 Å². The lowest BCUT2D eigenvalue weighted by molar-refractivity contribution is -0.116. The maximum atomic E-state index is 11.8. The molecule has 0 bridgehead atoms. The summed E-state index contributed by atoms with van der Waals surface area (Å²) in [4.78, 5) is 13.6. The zero-order chi connectivity index (χ0) is 15.1. The number of unbranched alkanes of at least 4 members (excludes halogenated alkanes) is 2. The number of anilines is 1. The Morgan fingerprint density at radius 3 is 3.05 bits per heavy atom. The van der Waals surface area contributed by atoms with E-state index in [9.17, 15) is 4.79 Å². The van der Waals surface area contributed by atoms with Crippen LogP contribution in [0.5, 0.6) is 5.75 Å². The summed E-state index contributed by atoms with van der Waals surface area (Å²) in [7, 11) is 0. The largest absolute Gasteiger partial charge is 0.494 e. The van der Waals surface area contributed by atoms with E-state index in [0.29, 0.717) is 6.61 Å². The van der Waals surface area contributed by atoms with E-state index < -0.39 is 0 Å². The van der Waals surface area contributed by atoms with Crippen molar-refractivity contribution >= 4 is 23.2 Å². The highest BCUT2D eigenvalue weighted by molar-refractivity contribution is 6.29. The Kier molecular flexibility index (Phi) is 5.95. The minimum absolute atomic E-state index is 0.0207. The fourth-order valence-electron chi connectivity index (χ4n) is 2.51. The van der Waals surface area contributed by atoms with Crippen LogP contribution in [0, 0.1) is 12.3 Å². The standard InChI is InChI=1S/C17H20ClNO2/c1-2-3-4-5-11-21-15-8-9-16-14(12-15)7-6-10-19(16)17(20)13-18/h1,8-9,12H,3-7,10-11,13H2. The number of rotatable bonds is 6. The Labute approximate surface area is 131 Å². The fraction of sp³-hybridized carbons (Fsp3) is 0.471. The minimum Gasteiger partial charge on any atom is -0.494 e. The van der Waals surface area contributed by atoms with Gasteiger partial charge in [-0.2, -0.15) is 0 Å². The number of hydrogen-bond donors (Lipinski definition) is 0. The van der Waals surface area contributed by atoms with E-state index in [-0.39, 0.29) is 11.8 Å². The first kappa shape index (κ1) is 15.7. The van der Waals surface area contributed by atoms with Crippen LogP contribution in [-0.4, -0.2) is 24.9 Å². The number of carbonyl (C=O) groups is 1. The number of nitrogens with zero attached hydrogens (tertiary/aromatic N) is 1. The van der Waals surface area contributed by atoms with E-state index in [1.807, 2.05) is 18.2 Å². The van der Waals surface area contributed by atoms with Gasteiger partial charge in [0.25, 0.3) is 0 Å². The molecule has 0 N–H and O–H groups in total. The minimum atomic E-state index is -0.0411. The van der Waals surface area contributed by atoms with Crippen LogP contribution >= 0.6 is 11.6 Å². The first-order chi connectivity index (χ1) is 10.3. The molecule has 1 aromatic rings. The van der Waals surface area contributed by atoms with Crippen molar-refractivity contribution in [3.05, 3.63) is 23.8 Å². The van der Waals surface area contributed by atoms with Gasteiger partial charge in [0.1, 0.15) is 11.6 Å². The maximum Gasteiger partial charge on any atom is 0.241 e. The maximum absolute atomic E-state index is 11.8. The summed E-state index contributed by atoms with van der Waals surface area (Å²) in [5, 5.41) is 0. The molecule has 4 heteroatoms. The van der Waals surface area contributed by atoms with Gasteiger partial charge < -0.3 is 9.64 Å². The number of carbonyl (C=O) groups excluding carboxylic acids is 1. The zero-order valence-corrected chi connectivity index (χ0v) is 12.9. The highest BCUT2D eigenvalue weighted by Crippen LogP contribution is 2.30. The van der Waals surface area contributed by atoms with E-state index in [2.05, 4.69) is 5.92 Å². The van der Waals surface area contributed by atoms with Gasteiger partial charge in [0, 0.05) is 18.7 Å². The molecule has 0 unspecified atom stereocenters. The smallest absolute Gasteiger partial charge is 0.241 e. The second-order valence-electron chi connectivity index (χ2n) is 5.08. The molecule has 0 spiro atoms. The Bertz CT molecular complexity index is 536. The van der Waals surface area contributed by atoms with Crippen molar-refractivity contribution in [2.24, 2.45) is 0 Å². The van der Waals surface area contributed by atoms with Crippen molar-refractivity contribution in [1.29, 1.82) is 0 Å². The Morgan fingerprint density at radius 1 is 1.43 bits per heavy atom. The molecule has 21 heavy (non-hydrogen) atoms. The van der Waals surface area contributed by atoms with Gasteiger partial charge in [-0.15, -0.1) is 23.9 Å². The van der Waals surface area contributed by atoms with E-state index in [0.717, 1.165) is 55.6 Å². The van der Waals surface area contributed by atoms with Crippen LogP contribution in [0.2, 0.25) is 0 Å². The number of ether oxygens (including phenoxy) is 1. The van der Waals surface area contributed by atoms with Crippen molar-refractivity contribution < 1.29 is 9.53 Å². The molecule has 1 amide bonds. The van der Waals surface area contributed by atoms with Crippen LogP contribution < -0.4 is 9.64 Å². The molecule has 2 rings (SSSR count). The summed E-state index contributed by atoms with van der Waals surface area (Å²) in [5.74, 6) is 3.46. The monoisotopic (exact) mass is 305 g/mol. The molecule has 0 aliphatic carbocycles. The Balaban J connectivity index is 1.99. The molecule has 0 atom stereocenters. The van der Waals surface area contributed by atoms with Crippen LogP contribution in [-0.2, 0) is 11.2 Å². The van der Waals surface area contributed by atoms with Crippen LogP contribution in [0.1, 0.15) is 31.2 Å². The second kappa shape index (κ2) is 7.95. The number of alkyl halides is 1. The van der Waals surface area contributed by atoms with Crippen molar-refractivity contribution in [2.45, 2.75) is 32.1 Å². The first-order valence-corrected chi connectivity index (χ1v) is 7.85. The van der Waals surface area contributed by atoms with E-state index in [1.165, 1.54) is 0 Å². The van der Waals surface area contributed by atoms with E-state index in [1.54, 1.807) is 4.90 Å². The molecule has 1 aliphatic rings. The molecule has 1 aromatic carbocycles. The summed E-state index contributed by atoms with van der Waals surface area (Å²) in [5.41, 5.74) is 2.12. The van der Waals surface area contributed by atoms with Crippen LogP contribution in [0.25, 0.3) is 0 Å². The molecule has 1 aliphatic heterocycles. The predicted octanol–water partition coefficient (Wildman–Crippen LogP) is 3.39. The lowest BCUT2D eigenvalue weighted by atomic mass is 10.0. The van der Waals surface area contributed by atoms with Gasteiger partial charge in [0.15, 0.2) is 0 Å². The molecule has 0 saturated carbocycles. The number of terminal acetylenes is 1.